The molecule has 1 fully saturated rings. The minimum absolute atomic E-state index is 0.261. The number of rotatable bonds is 2. The zero-order valence-corrected chi connectivity index (χ0v) is 12.8. The maximum atomic E-state index is 11.6. The van der Waals surface area contributed by atoms with E-state index in [9.17, 15) is 4.79 Å². The van der Waals surface area contributed by atoms with Gasteiger partial charge in [-0.3, -0.25) is 0 Å². The highest BCUT2D eigenvalue weighted by Crippen LogP contribution is 2.36. The average Bonchev–Trinajstić information content (AvgIpc) is 2.57. The summed E-state index contributed by atoms with van der Waals surface area (Å²) in [6, 6.07) is 3.54. The van der Waals surface area contributed by atoms with Crippen molar-refractivity contribution in [3.8, 4) is 0 Å². The highest BCUT2D eigenvalue weighted by molar-refractivity contribution is 6.61. The number of hydrogen-bond donors (Lipinski definition) is 0. The van der Waals surface area contributed by atoms with Gasteiger partial charge in [-0.25, -0.2) is 9.78 Å². The standard InChI is InChI=1S/C14H20BNO4/c1-9-7-10(12(17)18-6)16-11(8-9)15-19-13(2,3)14(4,5)20-15/h7-8H,1-6H3. The molecule has 0 spiro atoms. The Balaban J connectivity index is 2.35. The second-order valence-corrected chi connectivity index (χ2v) is 6.03. The van der Waals surface area contributed by atoms with Gasteiger partial charge in [-0.05, 0) is 52.3 Å². The molecule has 0 aromatic carbocycles. The van der Waals surface area contributed by atoms with Gasteiger partial charge in [0.15, 0.2) is 0 Å². The van der Waals surface area contributed by atoms with Crippen LogP contribution in [0.3, 0.4) is 0 Å². The maximum absolute atomic E-state index is 11.6. The van der Waals surface area contributed by atoms with Crippen LogP contribution in [0.2, 0.25) is 0 Å². The summed E-state index contributed by atoms with van der Waals surface area (Å²) in [5.41, 5.74) is 0.884. The molecule has 0 aliphatic carbocycles. The Kier molecular flexibility index (Phi) is 3.65. The summed E-state index contributed by atoms with van der Waals surface area (Å²) < 4.78 is 16.6. The summed E-state index contributed by atoms with van der Waals surface area (Å²) in [4.78, 5) is 15.9. The zero-order valence-electron chi connectivity index (χ0n) is 12.8. The van der Waals surface area contributed by atoms with E-state index in [0.717, 1.165) is 5.56 Å². The average molecular weight is 277 g/mol. The Bertz CT molecular complexity index is 526. The lowest BCUT2D eigenvalue weighted by Gasteiger charge is -2.32. The fourth-order valence-corrected chi connectivity index (χ4v) is 1.99. The number of aromatic nitrogens is 1. The van der Waals surface area contributed by atoms with Crippen LogP contribution in [0.25, 0.3) is 0 Å². The predicted molar refractivity (Wildman–Crippen MR) is 76.0 cm³/mol. The molecule has 2 rings (SSSR count). The molecule has 2 heterocycles. The summed E-state index contributed by atoms with van der Waals surface area (Å²) in [5.74, 6) is -0.466. The first-order chi connectivity index (χ1) is 9.16. The Hall–Kier alpha value is -1.40. The predicted octanol–water partition coefficient (Wildman–Crippen LogP) is 1.48. The normalized spacial score (nSPS) is 20.0. The lowest BCUT2D eigenvalue weighted by Crippen LogP contribution is -2.41. The van der Waals surface area contributed by atoms with Crippen molar-refractivity contribution < 1.29 is 18.8 Å². The molecule has 5 nitrogen and oxygen atoms in total. The first-order valence-corrected chi connectivity index (χ1v) is 6.59. The van der Waals surface area contributed by atoms with Gasteiger partial charge < -0.3 is 14.0 Å². The van der Waals surface area contributed by atoms with Crippen molar-refractivity contribution in [3.63, 3.8) is 0 Å². The molecular formula is C14H20BNO4. The summed E-state index contributed by atoms with van der Waals surface area (Å²) in [6.45, 7) is 9.80. The van der Waals surface area contributed by atoms with Crippen molar-refractivity contribution in [2.45, 2.75) is 45.8 Å². The summed E-state index contributed by atoms with van der Waals surface area (Å²) in [6.07, 6.45) is 0. The van der Waals surface area contributed by atoms with E-state index in [2.05, 4.69) is 4.98 Å². The van der Waals surface area contributed by atoms with Crippen LogP contribution in [-0.4, -0.2) is 36.4 Å². The molecule has 1 aliphatic rings. The van der Waals surface area contributed by atoms with E-state index in [0.29, 0.717) is 5.59 Å². The van der Waals surface area contributed by atoms with Gasteiger partial charge in [0.05, 0.1) is 23.9 Å². The van der Waals surface area contributed by atoms with Crippen molar-refractivity contribution in [3.05, 3.63) is 23.4 Å². The van der Waals surface area contributed by atoms with Crippen LogP contribution in [0, 0.1) is 6.92 Å². The molecule has 0 atom stereocenters. The molecule has 1 aliphatic heterocycles. The molecule has 6 heteroatoms. The van der Waals surface area contributed by atoms with E-state index in [1.165, 1.54) is 7.11 Å². The molecule has 1 aromatic rings. The number of esters is 1. The number of nitrogens with zero attached hydrogens (tertiary/aromatic N) is 1. The second kappa shape index (κ2) is 4.86. The van der Waals surface area contributed by atoms with Gasteiger partial charge in [-0.2, -0.15) is 0 Å². The van der Waals surface area contributed by atoms with Gasteiger partial charge in [-0.1, -0.05) is 0 Å². The van der Waals surface area contributed by atoms with E-state index in [1.807, 2.05) is 40.7 Å². The minimum Gasteiger partial charge on any atom is -0.464 e. The van der Waals surface area contributed by atoms with Crippen molar-refractivity contribution >= 4 is 18.7 Å². The summed E-state index contributed by atoms with van der Waals surface area (Å²) >= 11 is 0. The van der Waals surface area contributed by atoms with Gasteiger partial charge in [-0.15, -0.1) is 0 Å². The molecule has 20 heavy (non-hydrogen) atoms. The molecular weight excluding hydrogens is 257 g/mol. The van der Waals surface area contributed by atoms with Crippen molar-refractivity contribution in [1.82, 2.24) is 4.98 Å². The van der Waals surface area contributed by atoms with Gasteiger partial charge in [0.1, 0.15) is 5.69 Å². The third-order valence-corrected chi connectivity index (χ3v) is 3.88. The van der Waals surface area contributed by atoms with E-state index < -0.39 is 24.3 Å². The number of hydrogen-bond acceptors (Lipinski definition) is 5. The number of carbonyl (C=O) groups is 1. The summed E-state index contributed by atoms with van der Waals surface area (Å²) in [7, 11) is 0.754. The molecule has 0 unspecified atom stereocenters. The first-order valence-electron chi connectivity index (χ1n) is 6.59. The number of pyridine rings is 1. The third kappa shape index (κ3) is 2.58. The number of carbonyl (C=O) groups excluding carboxylic acids is 1. The van der Waals surface area contributed by atoms with E-state index >= 15 is 0 Å². The first kappa shape index (κ1) is 15.0. The lowest BCUT2D eigenvalue weighted by atomic mass is 9.83. The van der Waals surface area contributed by atoms with Gasteiger partial charge in [0, 0.05) is 0 Å². The van der Waals surface area contributed by atoms with E-state index in [-0.39, 0.29) is 5.69 Å². The van der Waals surface area contributed by atoms with Gasteiger partial charge in [0.25, 0.3) is 0 Å². The Morgan fingerprint density at radius 1 is 1.20 bits per heavy atom. The summed E-state index contributed by atoms with van der Waals surface area (Å²) in [5, 5.41) is 0. The fraction of sp³-hybridized carbons (Fsp3) is 0.571. The van der Waals surface area contributed by atoms with Crippen molar-refractivity contribution in [2.24, 2.45) is 0 Å². The zero-order chi connectivity index (χ0) is 15.1. The second-order valence-electron chi connectivity index (χ2n) is 6.03. The fourth-order valence-electron chi connectivity index (χ4n) is 1.99. The Labute approximate surface area is 119 Å². The number of methoxy groups -OCH3 is 1. The highest BCUT2D eigenvalue weighted by atomic mass is 16.7. The topological polar surface area (TPSA) is 57.7 Å². The van der Waals surface area contributed by atoms with Crippen LogP contribution in [0.4, 0.5) is 0 Å². The molecule has 0 radical (unpaired) electrons. The molecule has 0 N–H and O–H groups in total. The molecule has 1 saturated heterocycles. The number of ether oxygens (including phenoxy) is 1. The van der Waals surface area contributed by atoms with Gasteiger partial charge >= 0.3 is 13.1 Å². The SMILES string of the molecule is COC(=O)c1cc(C)cc(B2OC(C)(C)C(C)(C)O2)n1. The third-order valence-electron chi connectivity index (χ3n) is 3.88. The lowest BCUT2D eigenvalue weighted by molar-refractivity contribution is 0.00578. The van der Waals surface area contributed by atoms with Crippen LogP contribution in [0.5, 0.6) is 0 Å². The van der Waals surface area contributed by atoms with E-state index in [4.69, 9.17) is 14.0 Å². The van der Waals surface area contributed by atoms with Gasteiger partial charge in [0.2, 0.25) is 0 Å². The van der Waals surface area contributed by atoms with Crippen LogP contribution >= 0.6 is 0 Å². The van der Waals surface area contributed by atoms with E-state index in [1.54, 1.807) is 6.07 Å². The maximum Gasteiger partial charge on any atom is 0.514 e. The van der Waals surface area contributed by atoms with Crippen LogP contribution in [0.15, 0.2) is 12.1 Å². The molecule has 0 bridgehead atoms. The monoisotopic (exact) mass is 277 g/mol. The van der Waals surface area contributed by atoms with Crippen molar-refractivity contribution in [1.29, 1.82) is 0 Å². The molecule has 0 saturated carbocycles. The van der Waals surface area contributed by atoms with Crippen LogP contribution in [0.1, 0.15) is 43.7 Å². The molecule has 108 valence electrons. The molecule has 1 aromatic heterocycles. The largest absolute Gasteiger partial charge is 0.514 e. The quantitative estimate of drug-likeness (QED) is 0.605. The highest BCUT2D eigenvalue weighted by Gasteiger charge is 2.52. The Morgan fingerprint density at radius 2 is 1.75 bits per heavy atom. The van der Waals surface area contributed by atoms with Crippen LogP contribution < -0.4 is 5.59 Å². The van der Waals surface area contributed by atoms with Crippen LogP contribution in [-0.2, 0) is 14.0 Å². The minimum atomic E-state index is -0.580. The Morgan fingerprint density at radius 3 is 2.25 bits per heavy atom. The van der Waals surface area contributed by atoms with Crippen molar-refractivity contribution in [2.75, 3.05) is 7.11 Å². The number of aryl methyl sites for hydroxylation is 1. The molecule has 0 amide bonds. The smallest absolute Gasteiger partial charge is 0.464 e.